The van der Waals surface area contributed by atoms with Gasteiger partial charge in [0, 0.05) is 11.9 Å². The normalized spacial score (nSPS) is 11.8. The minimum Gasteiger partial charge on any atom is -0.347 e. The maximum atomic E-state index is 12.5. The fraction of sp³-hybridized carbons (Fsp3) is 0.300. The van der Waals surface area contributed by atoms with Gasteiger partial charge in [0.25, 0.3) is 0 Å². The molecule has 0 aliphatic heterocycles. The lowest BCUT2D eigenvalue weighted by Gasteiger charge is -2.03. The first-order valence-corrected chi connectivity index (χ1v) is 6.12. The second-order valence-corrected chi connectivity index (χ2v) is 5.09. The number of nitrogens with one attached hydrogen (secondary N) is 1. The number of alkyl halides is 3. The molecule has 3 nitrogen and oxygen atoms in total. The van der Waals surface area contributed by atoms with Gasteiger partial charge in [0.15, 0.2) is 5.01 Å². The summed E-state index contributed by atoms with van der Waals surface area (Å²) < 4.78 is 37.7. The minimum atomic E-state index is -4.44. The summed E-state index contributed by atoms with van der Waals surface area (Å²) in [6, 6.07) is 0. The van der Waals surface area contributed by atoms with Crippen molar-refractivity contribution in [3.05, 3.63) is 27.2 Å². The topological polar surface area (TPSA) is 41.6 Å². The molecule has 0 fully saturated rings. The second kappa shape index (κ2) is 4.43. The van der Waals surface area contributed by atoms with Gasteiger partial charge in [-0.25, -0.2) is 9.97 Å². The van der Waals surface area contributed by atoms with Crippen LogP contribution in [0.3, 0.4) is 0 Å². The number of thiazole rings is 1. The highest BCUT2D eigenvalue weighted by molar-refractivity contribution is 7.71. The van der Waals surface area contributed by atoms with Crippen molar-refractivity contribution in [3.8, 4) is 10.6 Å². The van der Waals surface area contributed by atoms with E-state index in [2.05, 4.69) is 15.0 Å². The summed E-state index contributed by atoms with van der Waals surface area (Å²) in [5, 5.41) is -0.896. The van der Waals surface area contributed by atoms with Crippen LogP contribution >= 0.6 is 23.6 Å². The molecule has 96 valence electrons. The van der Waals surface area contributed by atoms with E-state index in [4.69, 9.17) is 12.2 Å². The standard InChI is InChI=1S/C10H8F3N3S2/c1-4-5(2)16-8(17)7(15-4)6-3-14-9(18-6)10(11,12)13/h3H,1-2H3,(H,16,17). The summed E-state index contributed by atoms with van der Waals surface area (Å²) >= 11 is 5.60. The molecule has 1 N–H and O–H groups in total. The van der Waals surface area contributed by atoms with Crippen molar-refractivity contribution < 1.29 is 13.2 Å². The van der Waals surface area contributed by atoms with Crippen LogP contribution in [0.4, 0.5) is 13.2 Å². The average molecular weight is 291 g/mol. The first kappa shape index (κ1) is 13.2. The van der Waals surface area contributed by atoms with Gasteiger partial charge in [-0.3, -0.25) is 0 Å². The number of rotatable bonds is 1. The molecular formula is C10H8F3N3S2. The van der Waals surface area contributed by atoms with E-state index in [-0.39, 0.29) is 0 Å². The number of H-pyrrole nitrogens is 1. The zero-order valence-electron chi connectivity index (χ0n) is 9.42. The third-order valence-electron chi connectivity index (χ3n) is 2.32. The maximum absolute atomic E-state index is 12.5. The van der Waals surface area contributed by atoms with Crippen LogP contribution < -0.4 is 0 Å². The average Bonchev–Trinajstić information content (AvgIpc) is 2.72. The van der Waals surface area contributed by atoms with Gasteiger partial charge >= 0.3 is 6.18 Å². The quantitative estimate of drug-likeness (QED) is 0.810. The molecule has 2 aromatic heterocycles. The van der Waals surface area contributed by atoms with E-state index in [9.17, 15) is 13.2 Å². The Morgan fingerprint density at radius 1 is 1.33 bits per heavy atom. The summed E-state index contributed by atoms with van der Waals surface area (Å²) in [5.41, 5.74) is 1.82. The molecule has 0 bridgehead atoms. The molecule has 0 unspecified atom stereocenters. The van der Waals surface area contributed by atoms with Crippen LogP contribution in [0.2, 0.25) is 0 Å². The number of nitrogens with zero attached hydrogens (tertiary/aromatic N) is 2. The third kappa shape index (κ3) is 2.44. The lowest BCUT2D eigenvalue weighted by Crippen LogP contribution is -2.02. The lowest BCUT2D eigenvalue weighted by atomic mass is 10.3. The first-order valence-electron chi connectivity index (χ1n) is 4.90. The van der Waals surface area contributed by atoms with E-state index in [0.29, 0.717) is 32.2 Å². The minimum absolute atomic E-state index is 0.312. The molecule has 0 radical (unpaired) electrons. The molecule has 0 saturated carbocycles. The fourth-order valence-corrected chi connectivity index (χ4v) is 2.46. The number of aromatic nitrogens is 3. The van der Waals surface area contributed by atoms with Gasteiger partial charge in [-0.2, -0.15) is 13.2 Å². The maximum Gasteiger partial charge on any atom is 0.443 e. The summed E-state index contributed by atoms with van der Waals surface area (Å²) in [6.07, 6.45) is -3.29. The number of aromatic amines is 1. The van der Waals surface area contributed by atoms with Crippen molar-refractivity contribution in [2.75, 3.05) is 0 Å². The van der Waals surface area contributed by atoms with Crippen molar-refractivity contribution in [1.29, 1.82) is 0 Å². The lowest BCUT2D eigenvalue weighted by molar-refractivity contribution is -0.137. The predicted molar refractivity (Wildman–Crippen MR) is 65.0 cm³/mol. The van der Waals surface area contributed by atoms with Crippen molar-refractivity contribution in [3.63, 3.8) is 0 Å². The highest BCUT2D eigenvalue weighted by Gasteiger charge is 2.34. The predicted octanol–water partition coefficient (Wildman–Crippen LogP) is 3.90. The van der Waals surface area contributed by atoms with E-state index in [1.54, 1.807) is 13.8 Å². The van der Waals surface area contributed by atoms with Gasteiger partial charge in [-0.15, -0.1) is 11.3 Å². The van der Waals surface area contributed by atoms with Crippen LogP contribution in [0.1, 0.15) is 16.4 Å². The van der Waals surface area contributed by atoms with E-state index >= 15 is 0 Å². The SMILES string of the molecule is Cc1nc(-c2cnc(C(F)(F)F)s2)c(=S)[nH]c1C. The van der Waals surface area contributed by atoms with Crippen LogP contribution in [0.25, 0.3) is 10.6 Å². The van der Waals surface area contributed by atoms with Gasteiger partial charge in [0.05, 0.1) is 10.6 Å². The second-order valence-electron chi connectivity index (χ2n) is 3.65. The highest BCUT2D eigenvalue weighted by Crippen LogP contribution is 2.35. The molecule has 0 spiro atoms. The van der Waals surface area contributed by atoms with E-state index in [1.807, 2.05) is 0 Å². The van der Waals surface area contributed by atoms with Crippen molar-refractivity contribution in [2.24, 2.45) is 0 Å². The Kier molecular flexibility index (Phi) is 3.24. The summed E-state index contributed by atoms with van der Waals surface area (Å²) in [6.45, 7) is 3.56. The smallest absolute Gasteiger partial charge is 0.347 e. The molecule has 2 heterocycles. The molecule has 0 aromatic carbocycles. The number of hydrogen-bond acceptors (Lipinski definition) is 4. The molecule has 0 aliphatic carbocycles. The highest BCUT2D eigenvalue weighted by atomic mass is 32.1. The Morgan fingerprint density at radius 2 is 2.00 bits per heavy atom. The zero-order valence-corrected chi connectivity index (χ0v) is 11.1. The van der Waals surface area contributed by atoms with Gasteiger partial charge in [-0.1, -0.05) is 12.2 Å². The van der Waals surface area contributed by atoms with E-state index in [0.717, 1.165) is 11.9 Å². The number of halogens is 3. The largest absolute Gasteiger partial charge is 0.443 e. The Labute approximate surface area is 110 Å². The van der Waals surface area contributed by atoms with Crippen molar-refractivity contribution >= 4 is 23.6 Å². The van der Waals surface area contributed by atoms with E-state index in [1.165, 1.54) is 0 Å². The van der Waals surface area contributed by atoms with Crippen LogP contribution in [-0.2, 0) is 6.18 Å². The number of aryl methyl sites for hydroxylation is 2. The Hall–Kier alpha value is -1.28. The van der Waals surface area contributed by atoms with E-state index < -0.39 is 11.2 Å². The van der Waals surface area contributed by atoms with Crippen LogP contribution in [-0.4, -0.2) is 15.0 Å². The summed E-state index contributed by atoms with van der Waals surface area (Å²) in [7, 11) is 0. The van der Waals surface area contributed by atoms with Crippen LogP contribution in [0, 0.1) is 18.5 Å². The molecule has 0 saturated heterocycles. The molecule has 0 amide bonds. The van der Waals surface area contributed by atoms with Crippen LogP contribution in [0.15, 0.2) is 6.20 Å². The van der Waals surface area contributed by atoms with Crippen molar-refractivity contribution in [2.45, 2.75) is 20.0 Å². The van der Waals surface area contributed by atoms with Crippen LogP contribution in [0.5, 0.6) is 0 Å². The zero-order chi connectivity index (χ0) is 13.5. The molecule has 2 aromatic rings. The fourth-order valence-electron chi connectivity index (χ4n) is 1.30. The molecule has 8 heteroatoms. The first-order chi connectivity index (χ1) is 8.29. The molecule has 0 aliphatic rings. The monoisotopic (exact) mass is 291 g/mol. The Balaban J connectivity index is 2.53. The number of hydrogen-bond donors (Lipinski definition) is 1. The van der Waals surface area contributed by atoms with Crippen molar-refractivity contribution in [1.82, 2.24) is 15.0 Å². The molecular weight excluding hydrogens is 283 g/mol. The van der Waals surface area contributed by atoms with Gasteiger partial charge < -0.3 is 4.98 Å². The Morgan fingerprint density at radius 3 is 2.56 bits per heavy atom. The summed E-state index contributed by atoms with van der Waals surface area (Å²) in [4.78, 5) is 10.8. The molecule has 0 atom stereocenters. The summed E-state index contributed by atoms with van der Waals surface area (Å²) in [5.74, 6) is 0. The Bertz CT molecular complexity index is 643. The molecule has 2 rings (SSSR count). The van der Waals surface area contributed by atoms with Gasteiger partial charge in [0.1, 0.15) is 10.3 Å². The third-order valence-corrected chi connectivity index (χ3v) is 3.66. The molecule has 18 heavy (non-hydrogen) atoms. The van der Waals surface area contributed by atoms with Gasteiger partial charge in [0.2, 0.25) is 0 Å². The van der Waals surface area contributed by atoms with Gasteiger partial charge in [-0.05, 0) is 13.8 Å².